The van der Waals surface area contributed by atoms with Crippen molar-refractivity contribution in [3.8, 4) is 0 Å². The molecule has 0 aromatic heterocycles. The van der Waals surface area contributed by atoms with Crippen molar-refractivity contribution >= 4 is 37.6 Å². The van der Waals surface area contributed by atoms with Gasteiger partial charge in [-0.15, -0.1) is 11.6 Å². The Bertz CT molecular complexity index is 677. The summed E-state index contributed by atoms with van der Waals surface area (Å²) in [5.74, 6) is 0.160. The summed E-state index contributed by atoms with van der Waals surface area (Å²) in [7, 11) is -3.63. The normalized spacial score (nSPS) is 13.1. The summed E-state index contributed by atoms with van der Waals surface area (Å²) in [6, 6.07) is 15.5. The maximum atomic E-state index is 12.4. The Balaban J connectivity index is 2.30. The fourth-order valence-corrected chi connectivity index (χ4v) is 4.36. The predicted molar refractivity (Wildman–Crippen MR) is 84.4 cm³/mol. The van der Waals surface area contributed by atoms with E-state index in [0.717, 1.165) is 5.56 Å². The van der Waals surface area contributed by atoms with Crippen LogP contribution in [0.2, 0.25) is 0 Å². The van der Waals surface area contributed by atoms with Crippen LogP contribution in [0, 0.1) is 0 Å². The lowest BCUT2D eigenvalue weighted by Gasteiger charge is -2.17. The van der Waals surface area contributed by atoms with E-state index >= 15 is 0 Å². The van der Waals surface area contributed by atoms with Gasteiger partial charge >= 0.3 is 0 Å². The van der Waals surface area contributed by atoms with Crippen LogP contribution in [0.4, 0.5) is 0 Å². The van der Waals surface area contributed by atoms with Crippen LogP contribution in [0.15, 0.2) is 64.0 Å². The molecule has 0 fully saturated rings. The van der Waals surface area contributed by atoms with Gasteiger partial charge in [-0.25, -0.2) is 13.1 Å². The number of benzene rings is 2. The topological polar surface area (TPSA) is 46.2 Å². The summed E-state index contributed by atoms with van der Waals surface area (Å²) in [6.07, 6.45) is 0. The number of halogens is 2. The highest BCUT2D eigenvalue weighted by Crippen LogP contribution is 2.24. The Morgan fingerprint density at radius 3 is 2.25 bits per heavy atom. The van der Waals surface area contributed by atoms with Crippen LogP contribution in [-0.4, -0.2) is 14.3 Å². The smallest absolute Gasteiger partial charge is 0.207 e. The van der Waals surface area contributed by atoms with Gasteiger partial charge in [0.2, 0.25) is 10.0 Å². The summed E-state index contributed by atoms with van der Waals surface area (Å²) in [5.41, 5.74) is 0.832. The number of nitrogens with one attached hydrogen (secondary N) is 1. The van der Waals surface area contributed by atoms with E-state index in [1.165, 1.54) is 0 Å². The SMILES string of the molecule is O=S(=O)(NC(CCl)c1ccccc1)c1ccccc1Br. The van der Waals surface area contributed by atoms with Gasteiger partial charge in [0.15, 0.2) is 0 Å². The standard InChI is InChI=1S/C14H13BrClNO2S/c15-12-8-4-5-9-14(12)20(18,19)17-13(10-16)11-6-2-1-3-7-11/h1-9,13,17H,10H2. The molecule has 0 bridgehead atoms. The van der Waals surface area contributed by atoms with Crippen LogP contribution in [0.1, 0.15) is 11.6 Å². The molecule has 2 aromatic carbocycles. The van der Waals surface area contributed by atoms with Gasteiger partial charge in [-0.1, -0.05) is 42.5 Å². The van der Waals surface area contributed by atoms with E-state index in [1.54, 1.807) is 24.3 Å². The molecule has 1 N–H and O–H groups in total. The van der Waals surface area contributed by atoms with E-state index in [4.69, 9.17) is 11.6 Å². The molecular formula is C14H13BrClNO2S. The first kappa shape index (κ1) is 15.5. The fraction of sp³-hybridized carbons (Fsp3) is 0.143. The highest BCUT2D eigenvalue weighted by molar-refractivity contribution is 9.10. The van der Waals surface area contributed by atoms with Gasteiger partial charge in [-0.3, -0.25) is 0 Å². The molecule has 0 heterocycles. The third-order valence-corrected chi connectivity index (χ3v) is 5.57. The maximum Gasteiger partial charge on any atom is 0.242 e. The van der Waals surface area contributed by atoms with Gasteiger partial charge in [0.25, 0.3) is 0 Å². The van der Waals surface area contributed by atoms with Crippen molar-refractivity contribution in [2.24, 2.45) is 0 Å². The fourth-order valence-electron chi connectivity index (χ4n) is 1.79. The molecule has 0 radical (unpaired) electrons. The highest BCUT2D eigenvalue weighted by atomic mass is 79.9. The number of alkyl halides is 1. The number of hydrogen-bond acceptors (Lipinski definition) is 2. The molecule has 106 valence electrons. The van der Waals surface area contributed by atoms with Gasteiger partial charge in [-0.2, -0.15) is 0 Å². The molecule has 0 aliphatic rings. The van der Waals surface area contributed by atoms with Gasteiger partial charge in [0, 0.05) is 10.4 Å². The second kappa shape index (κ2) is 6.72. The maximum absolute atomic E-state index is 12.4. The van der Waals surface area contributed by atoms with Crippen LogP contribution >= 0.6 is 27.5 Å². The van der Waals surface area contributed by atoms with Crippen molar-refractivity contribution in [2.75, 3.05) is 5.88 Å². The average molecular weight is 375 g/mol. The van der Waals surface area contributed by atoms with Crippen LogP contribution in [-0.2, 0) is 10.0 Å². The Kier molecular flexibility index (Phi) is 5.21. The summed E-state index contributed by atoms with van der Waals surface area (Å²) in [5, 5.41) is 0. The van der Waals surface area contributed by atoms with E-state index < -0.39 is 16.1 Å². The summed E-state index contributed by atoms with van der Waals surface area (Å²) in [6.45, 7) is 0. The van der Waals surface area contributed by atoms with Crippen molar-refractivity contribution in [1.82, 2.24) is 4.72 Å². The Hall–Kier alpha value is -0.880. The van der Waals surface area contributed by atoms with Crippen LogP contribution in [0.5, 0.6) is 0 Å². The largest absolute Gasteiger partial charge is 0.242 e. The first-order chi connectivity index (χ1) is 9.54. The van der Waals surface area contributed by atoms with E-state index in [2.05, 4.69) is 20.7 Å². The monoisotopic (exact) mass is 373 g/mol. The molecule has 0 spiro atoms. The molecule has 0 saturated heterocycles. The van der Waals surface area contributed by atoms with Crippen molar-refractivity contribution in [3.63, 3.8) is 0 Å². The number of hydrogen-bond donors (Lipinski definition) is 1. The van der Waals surface area contributed by atoms with Gasteiger partial charge in [-0.05, 0) is 33.6 Å². The molecule has 0 aliphatic heterocycles. The molecular weight excluding hydrogens is 362 g/mol. The van der Waals surface area contributed by atoms with E-state index in [-0.39, 0.29) is 10.8 Å². The summed E-state index contributed by atoms with van der Waals surface area (Å²) in [4.78, 5) is 0.200. The van der Waals surface area contributed by atoms with Crippen LogP contribution < -0.4 is 4.72 Å². The lowest BCUT2D eigenvalue weighted by atomic mass is 10.1. The quantitative estimate of drug-likeness (QED) is 0.811. The molecule has 6 heteroatoms. The Labute approximate surface area is 132 Å². The second-order valence-electron chi connectivity index (χ2n) is 4.17. The highest BCUT2D eigenvalue weighted by Gasteiger charge is 2.22. The second-order valence-corrected chi connectivity index (χ2v) is 7.01. The minimum atomic E-state index is -3.63. The first-order valence-electron chi connectivity index (χ1n) is 5.92. The molecule has 1 unspecified atom stereocenters. The zero-order chi connectivity index (χ0) is 14.6. The van der Waals surface area contributed by atoms with Crippen molar-refractivity contribution in [1.29, 1.82) is 0 Å². The lowest BCUT2D eigenvalue weighted by Crippen LogP contribution is -2.30. The van der Waals surface area contributed by atoms with Crippen molar-refractivity contribution < 1.29 is 8.42 Å². The van der Waals surface area contributed by atoms with E-state index in [9.17, 15) is 8.42 Å². The average Bonchev–Trinajstić information content (AvgIpc) is 2.46. The predicted octanol–water partition coefficient (Wildman–Crippen LogP) is 3.71. The third kappa shape index (κ3) is 3.61. The molecule has 3 nitrogen and oxygen atoms in total. The number of sulfonamides is 1. The minimum absolute atomic E-state index is 0.160. The van der Waals surface area contributed by atoms with Gasteiger partial charge in [0.1, 0.15) is 0 Å². The molecule has 0 saturated carbocycles. The van der Waals surface area contributed by atoms with Crippen LogP contribution in [0.25, 0.3) is 0 Å². The lowest BCUT2D eigenvalue weighted by molar-refractivity contribution is 0.567. The van der Waals surface area contributed by atoms with E-state index in [1.807, 2.05) is 30.3 Å². The zero-order valence-electron chi connectivity index (χ0n) is 10.5. The summed E-state index contributed by atoms with van der Waals surface area (Å²) < 4.78 is 27.9. The van der Waals surface area contributed by atoms with E-state index in [0.29, 0.717) is 4.47 Å². The van der Waals surface area contributed by atoms with Crippen molar-refractivity contribution in [3.05, 3.63) is 64.6 Å². The molecule has 0 aliphatic carbocycles. The molecule has 0 amide bonds. The molecule has 2 rings (SSSR count). The summed E-state index contributed by atoms with van der Waals surface area (Å²) >= 11 is 9.14. The molecule has 20 heavy (non-hydrogen) atoms. The Morgan fingerprint density at radius 2 is 1.65 bits per heavy atom. The van der Waals surface area contributed by atoms with Crippen molar-refractivity contribution in [2.45, 2.75) is 10.9 Å². The van der Waals surface area contributed by atoms with Crippen LogP contribution in [0.3, 0.4) is 0 Å². The molecule has 2 aromatic rings. The third-order valence-electron chi connectivity index (χ3n) is 2.78. The number of rotatable bonds is 5. The minimum Gasteiger partial charge on any atom is -0.207 e. The Morgan fingerprint density at radius 1 is 1.05 bits per heavy atom. The molecule has 1 atom stereocenters. The zero-order valence-corrected chi connectivity index (χ0v) is 13.6. The van der Waals surface area contributed by atoms with Gasteiger partial charge < -0.3 is 0 Å². The first-order valence-corrected chi connectivity index (χ1v) is 8.73. The van der Waals surface area contributed by atoms with Gasteiger partial charge in [0.05, 0.1) is 10.9 Å².